The molecule has 1 aromatic heterocycles. The lowest BCUT2D eigenvalue weighted by Crippen LogP contribution is -2.29. The van der Waals surface area contributed by atoms with E-state index in [0.717, 1.165) is 21.2 Å². The number of hydrogen-bond donors (Lipinski definition) is 3. The number of thiophene rings is 1. The predicted molar refractivity (Wildman–Crippen MR) is 76.4 cm³/mol. The Morgan fingerprint density at radius 3 is 2.89 bits per heavy atom. The Morgan fingerprint density at radius 1 is 1.33 bits per heavy atom. The molecule has 18 heavy (non-hydrogen) atoms. The first-order valence-corrected chi connectivity index (χ1v) is 7.07. The average molecular weight is 279 g/mol. The molecule has 0 unspecified atom stereocenters. The first kappa shape index (κ1) is 12.9. The Balaban J connectivity index is 1.98. The molecule has 0 saturated carbocycles. The van der Waals surface area contributed by atoms with Gasteiger partial charge in [0.1, 0.15) is 0 Å². The maximum Gasteiger partial charge on any atom is 0.275 e. The maximum atomic E-state index is 11.3. The molecule has 2 rings (SSSR count). The van der Waals surface area contributed by atoms with E-state index in [0.29, 0.717) is 4.88 Å². The Bertz CT molecular complexity index is 554. The molecular weight excluding hydrogens is 266 g/mol. The number of nitrogens with two attached hydrogens (primary N) is 2. The fourth-order valence-electron chi connectivity index (χ4n) is 1.41. The van der Waals surface area contributed by atoms with Crippen molar-refractivity contribution in [2.45, 2.75) is 10.6 Å². The van der Waals surface area contributed by atoms with Crippen molar-refractivity contribution < 1.29 is 4.79 Å². The van der Waals surface area contributed by atoms with Crippen molar-refractivity contribution in [3.8, 4) is 0 Å². The van der Waals surface area contributed by atoms with Gasteiger partial charge in [-0.2, -0.15) is 0 Å². The molecule has 0 aliphatic heterocycles. The van der Waals surface area contributed by atoms with E-state index in [-0.39, 0.29) is 5.91 Å². The van der Waals surface area contributed by atoms with Crippen LogP contribution in [-0.2, 0) is 5.75 Å². The van der Waals surface area contributed by atoms with Crippen molar-refractivity contribution in [2.24, 2.45) is 5.84 Å². The largest absolute Gasteiger partial charge is 0.399 e. The Labute approximate surface area is 113 Å². The van der Waals surface area contributed by atoms with E-state index >= 15 is 0 Å². The Hall–Kier alpha value is -1.50. The van der Waals surface area contributed by atoms with Crippen molar-refractivity contribution in [2.75, 3.05) is 5.73 Å². The molecule has 0 fully saturated rings. The minimum absolute atomic E-state index is 0.250. The molecule has 0 bridgehead atoms. The summed E-state index contributed by atoms with van der Waals surface area (Å²) in [6.45, 7) is 0. The molecule has 6 heteroatoms. The number of amides is 1. The molecule has 0 radical (unpaired) electrons. The summed E-state index contributed by atoms with van der Waals surface area (Å²) in [7, 11) is 0. The van der Waals surface area contributed by atoms with Gasteiger partial charge in [-0.15, -0.1) is 23.1 Å². The summed E-state index contributed by atoms with van der Waals surface area (Å²) in [5.74, 6) is 5.64. The molecule has 0 atom stereocenters. The highest BCUT2D eigenvalue weighted by Gasteiger charge is 2.07. The summed E-state index contributed by atoms with van der Waals surface area (Å²) in [5.41, 5.74) is 8.59. The quantitative estimate of drug-likeness (QED) is 0.263. The van der Waals surface area contributed by atoms with Crippen LogP contribution >= 0.6 is 23.1 Å². The summed E-state index contributed by atoms with van der Waals surface area (Å²) >= 11 is 3.13. The Morgan fingerprint density at radius 2 is 2.17 bits per heavy atom. The zero-order chi connectivity index (χ0) is 13.0. The SMILES string of the molecule is NNC(=O)c1ccc(CSc2cccc(N)c2)s1. The number of nitrogen functional groups attached to an aromatic ring is 2. The Kier molecular flexibility index (Phi) is 4.24. The number of thioether (sulfide) groups is 1. The zero-order valence-electron chi connectivity index (χ0n) is 9.55. The highest BCUT2D eigenvalue weighted by atomic mass is 32.2. The molecule has 1 heterocycles. The zero-order valence-corrected chi connectivity index (χ0v) is 11.2. The van der Waals surface area contributed by atoms with Gasteiger partial charge < -0.3 is 5.73 Å². The van der Waals surface area contributed by atoms with Crippen LogP contribution in [0.5, 0.6) is 0 Å². The smallest absolute Gasteiger partial charge is 0.275 e. The number of hydrazine groups is 1. The topological polar surface area (TPSA) is 81.1 Å². The van der Waals surface area contributed by atoms with Crippen molar-refractivity contribution in [3.63, 3.8) is 0 Å². The van der Waals surface area contributed by atoms with Crippen LogP contribution < -0.4 is 17.0 Å². The van der Waals surface area contributed by atoms with Crippen molar-refractivity contribution in [1.82, 2.24) is 5.43 Å². The van der Waals surface area contributed by atoms with Crippen LogP contribution in [0, 0.1) is 0 Å². The lowest BCUT2D eigenvalue weighted by atomic mass is 10.3. The van der Waals surface area contributed by atoms with Crippen LogP contribution in [0.25, 0.3) is 0 Å². The third-order valence-electron chi connectivity index (χ3n) is 2.26. The lowest BCUT2D eigenvalue weighted by molar-refractivity contribution is 0.0957. The van der Waals surface area contributed by atoms with Gasteiger partial charge in [-0.3, -0.25) is 10.2 Å². The third kappa shape index (κ3) is 3.25. The standard InChI is InChI=1S/C12H13N3OS2/c13-8-2-1-3-9(6-8)17-7-10-4-5-11(18-10)12(16)15-14/h1-6H,7,13-14H2,(H,15,16). The molecule has 0 spiro atoms. The van der Waals surface area contributed by atoms with Gasteiger partial charge >= 0.3 is 0 Å². The summed E-state index contributed by atoms with van der Waals surface area (Å²) in [5, 5.41) is 0. The van der Waals surface area contributed by atoms with E-state index in [1.807, 2.05) is 30.3 Å². The second-order valence-corrected chi connectivity index (χ2v) is 5.82. The fraction of sp³-hybridized carbons (Fsp3) is 0.0833. The highest BCUT2D eigenvalue weighted by molar-refractivity contribution is 7.98. The molecule has 4 nitrogen and oxygen atoms in total. The summed E-state index contributed by atoms with van der Waals surface area (Å²) in [6, 6.07) is 11.5. The highest BCUT2D eigenvalue weighted by Crippen LogP contribution is 2.27. The monoisotopic (exact) mass is 279 g/mol. The summed E-state index contributed by atoms with van der Waals surface area (Å²) < 4.78 is 0. The second kappa shape index (κ2) is 5.90. The minimum Gasteiger partial charge on any atom is -0.399 e. The first-order chi connectivity index (χ1) is 8.69. The van der Waals surface area contributed by atoms with Gasteiger partial charge in [-0.1, -0.05) is 6.07 Å². The fourth-order valence-corrected chi connectivity index (χ4v) is 3.33. The maximum absolute atomic E-state index is 11.3. The van der Waals surface area contributed by atoms with E-state index in [2.05, 4.69) is 5.43 Å². The normalized spacial score (nSPS) is 10.3. The van der Waals surface area contributed by atoms with Crippen LogP contribution in [0.1, 0.15) is 14.5 Å². The molecule has 1 aromatic carbocycles. The number of nitrogens with one attached hydrogen (secondary N) is 1. The molecule has 0 aliphatic carbocycles. The molecule has 5 N–H and O–H groups in total. The van der Waals surface area contributed by atoms with Crippen LogP contribution in [0.15, 0.2) is 41.3 Å². The van der Waals surface area contributed by atoms with Gasteiger partial charge in [0.05, 0.1) is 4.88 Å². The van der Waals surface area contributed by atoms with Gasteiger partial charge in [0, 0.05) is 21.2 Å². The first-order valence-electron chi connectivity index (χ1n) is 5.27. The molecular formula is C12H13N3OS2. The van der Waals surface area contributed by atoms with E-state index in [1.165, 1.54) is 11.3 Å². The van der Waals surface area contributed by atoms with Gasteiger partial charge in [-0.05, 0) is 30.3 Å². The van der Waals surface area contributed by atoms with Crippen molar-refractivity contribution >= 4 is 34.7 Å². The molecule has 0 saturated heterocycles. The van der Waals surface area contributed by atoms with E-state index in [9.17, 15) is 4.79 Å². The minimum atomic E-state index is -0.250. The second-order valence-electron chi connectivity index (χ2n) is 3.60. The summed E-state index contributed by atoms with van der Waals surface area (Å²) in [6.07, 6.45) is 0. The van der Waals surface area contributed by atoms with E-state index in [1.54, 1.807) is 17.8 Å². The summed E-state index contributed by atoms with van der Waals surface area (Å²) in [4.78, 5) is 14.2. The van der Waals surface area contributed by atoms with Crippen molar-refractivity contribution in [1.29, 1.82) is 0 Å². The van der Waals surface area contributed by atoms with Gasteiger partial charge in [0.25, 0.3) is 5.91 Å². The average Bonchev–Trinajstić information content (AvgIpc) is 2.84. The van der Waals surface area contributed by atoms with Gasteiger partial charge in [0.2, 0.25) is 0 Å². The molecule has 94 valence electrons. The number of rotatable bonds is 4. The van der Waals surface area contributed by atoms with Crippen LogP contribution in [-0.4, -0.2) is 5.91 Å². The van der Waals surface area contributed by atoms with E-state index < -0.39 is 0 Å². The number of carbonyl (C=O) groups excluding carboxylic acids is 1. The number of hydrogen-bond acceptors (Lipinski definition) is 5. The third-order valence-corrected chi connectivity index (χ3v) is 4.57. The van der Waals surface area contributed by atoms with Crippen LogP contribution in [0.3, 0.4) is 0 Å². The van der Waals surface area contributed by atoms with Crippen LogP contribution in [0.2, 0.25) is 0 Å². The number of carbonyl (C=O) groups is 1. The van der Waals surface area contributed by atoms with Crippen LogP contribution in [0.4, 0.5) is 5.69 Å². The number of benzene rings is 1. The van der Waals surface area contributed by atoms with Crippen molar-refractivity contribution in [3.05, 3.63) is 46.2 Å². The number of anilines is 1. The lowest BCUT2D eigenvalue weighted by Gasteiger charge is -2.00. The molecule has 2 aromatic rings. The molecule has 1 amide bonds. The molecule has 0 aliphatic rings. The van der Waals surface area contributed by atoms with E-state index in [4.69, 9.17) is 11.6 Å². The van der Waals surface area contributed by atoms with Gasteiger partial charge in [0.15, 0.2) is 0 Å². The van der Waals surface area contributed by atoms with Gasteiger partial charge in [-0.25, -0.2) is 5.84 Å². The predicted octanol–water partition coefficient (Wildman–Crippen LogP) is 2.23.